The number of benzene rings is 2. The van der Waals surface area contributed by atoms with E-state index >= 15 is 0 Å². The van der Waals surface area contributed by atoms with Crippen molar-refractivity contribution in [2.75, 3.05) is 26.2 Å². The molecule has 2 aromatic rings. The molecule has 1 aliphatic rings. The quantitative estimate of drug-likeness (QED) is 0.821. The van der Waals surface area contributed by atoms with Crippen LogP contribution in [0.3, 0.4) is 0 Å². The van der Waals surface area contributed by atoms with E-state index in [9.17, 15) is 0 Å². The first-order valence-electron chi connectivity index (χ1n) is 9.47. The van der Waals surface area contributed by atoms with Gasteiger partial charge < -0.3 is 9.64 Å². The maximum Gasteiger partial charge on any atom is 0.116 e. The van der Waals surface area contributed by atoms with Crippen LogP contribution in [0, 0.1) is 0 Å². The first kappa shape index (κ1) is 18.4. The van der Waals surface area contributed by atoms with Crippen molar-refractivity contribution in [3.05, 3.63) is 70.7 Å². The van der Waals surface area contributed by atoms with Crippen LogP contribution in [-0.4, -0.2) is 26.2 Å². The Morgan fingerprint density at radius 2 is 1.48 bits per heavy atom. The van der Waals surface area contributed by atoms with Gasteiger partial charge in [-0.3, -0.25) is 0 Å². The summed E-state index contributed by atoms with van der Waals surface area (Å²) in [6, 6.07) is 18.5. The molecule has 25 heavy (non-hydrogen) atoms. The number of hydrogen-bond donors (Lipinski definition) is 1. The van der Waals surface area contributed by atoms with E-state index in [1.807, 2.05) is 18.2 Å². The number of nitrogens with one attached hydrogen (secondary N) is 1. The number of quaternary nitrogens is 1. The molecule has 0 unspecified atom stereocenters. The molecule has 0 saturated carbocycles. The summed E-state index contributed by atoms with van der Waals surface area (Å²) in [4.78, 5) is 1.68. The van der Waals surface area contributed by atoms with Crippen LogP contribution < -0.4 is 4.90 Å². The van der Waals surface area contributed by atoms with Crippen LogP contribution in [0.5, 0.6) is 0 Å². The van der Waals surface area contributed by atoms with E-state index < -0.39 is 5.60 Å². The Kier molecular flexibility index (Phi) is 6.52. The zero-order chi connectivity index (χ0) is 17.5. The molecule has 0 spiro atoms. The summed E-state index contributed by atoms with van der Waals surface area (Å²) in [5, 5.41) is 0.758. The maximum atomic E-state index is 6.52. The fourth-order valence-corrected chi connectivity index (χ4v) is 3.86. The van der Waals surface area contributed by atoms with Crippen LogP contribution in [0.15, 0.2) is 54.6 Å². The van der Waals surface area contributed by atoms with E-state index in [1.165, 1.54) is 44.3 Å². The van der Waals surface area contributed by atoms with Crippen molar-refractivity contribution < 1.29 is 9.64 Å². The molecule has 1 aliphatic heterocycles. The highest BCUT2D eigenvalue weighted by molar-refractivity contribution is 6.30. The topological polar surface area (TPSA) is 13.7 Å². The number of hydrogen-bond acceptors (Lipinski definition) is 1. The molecular formula is C22H29ClNO+. The minimum Gasteiger partial charge on any atom is -0.360 e. The van der Waals surface area contributed by atoms with Gasteiger partial charge in [-0.05, 0) is 55.9 Å². The van der Waals surface area contributed by atoms with Gasteiger partial charge in [0.15, 0.2) is 0 Å². The molecule has 1 N–H and O–H groups in total. The van der Waals surface area contributed by atoms with Crippen LogP contribution in [0.25, 0.3) is 0 Å². The van der Waals surface area contributed by atoms with Gasteiger partial charge in [0.1, 0.15) is 12.1 Å². The van der Waals surface area contributed by atoms with E-state index in [0.717, 1.165) is 23.7 Å². The van der Waals surface area contributed by atoms with Gasteiger partial charge in [0, 0.05) is 5.02 Å². The first-order valence-corrected chi connectivity index (χ1v) is 9.85. The molecular weight excluding hydrogens is 330 g/mol. The lowest BCUT2D eigenvalue weighted by atomic mass is 9.88. The van der Waals surface area contributed by atoms with Crippen LogP contribution in [-0.2, 0) is 10.3 Å². The molecule has 3 rings (SSSR count). The van der Waals surface area contributed by atoms with Gasteiger partial charge in [-0.1, -0.05) is 54.1 Å². The molecule has 134 valence electrons. The molecule has 0 radical (unpaired) electrons. The van der Waals surface area contributed by atoms with E-state index in [1.54, 1.807) is 4.90 Å². The summed E-state index contributed by atoms with van der Waals surface area (Å²) in [5.74, 6) is 0. The van der Waals surface area contributed by atoms with Crippen molar-refractivity contribution in [1.29, 1.82) is 0 Å². The van der Waals surface area contributed by atoms with E-state index in [2.05, 4.69) is 43.3 Å². The molecule has 2 nitrogen and oxygen atoms in total. The van der Waals surface area contributed by atoms with Gasteiger partial charge in [0.2, 0.25) is 0 Å². The molecule has 0 bridgehead atoms. The predicted molar refractivity (Wildman–Crippen MR) is 104 cm³/mol. The standard InChI is InChI=1S/C22H28ClNO/c1-22(19-9-5-4-6-10-19,20-11-13-21(23)14-12-20)25-18-17-24-15-7-2-3-8-16-24/h4-6,9-14H,2-3,7-8,15-18H2,1H3/p+1/t22-/m1/s1. The minimum absolute atomic E-state index is 0.447. The van der Waals surface area contributed by atoms with E-state index in [0.29, 0.717) is 0 Å². The number of ether oxygens (including phenoxy) is 1. The van der Waals surface area contributed by atoms with Crippen molar-refractivity contribution in [2.45, 2.75) is 38.2 Å². The average molecular weight is 359 g/mol. The van der Waals surface area contributed by atoms with Crippen LogP contribution in [0.4, 0.5) is 0 Å². The summed E-state index contributed by atoms with van der Waals surface area (Å²) in [6.45, 7) is 6.58. The first-order chi connectivity index (χ1) is 12.2. The Labute approximate surface area is 156 Å². The third-order valence-corrected chi connectivity index (χ3v) is 5.63. The monoisotopic (exact) mass is 358 g/mol. The number of rotatable bonds is 6. The molecule has 1 heterocycles. The average Bonchev–Trinajstić information content (AvgIpc) is 2.92. The predicted octanol–water partition coefficient (Wildman–Crippen LogP) is 4.08. The van der Waals surface area contributed by atoms with Crippen molar-refractivity contribution >= 4 is 11.6 Å². The second-order valence-corrected chi connectivity index (χ2v) is 7.61. The van der Waals surface area contributed by atoms with Gasteiger partial charge in [0.25, 0.3) is 0 Å². The fourth-order valence-electron chi connectivity index (χ4n) is 3.74. The van der Waals surface area contributed by atoms with E-state index in [4.69, 9.17) is 16.3 Å². The number of likely N-dealkylation sites (tertiary alicyclic amines) is 1. The van der Waals surface area contributed by atoms with Crippen molar-refractivity contribution in [1.82, 2.24) is 0 Å². The molecule has 1 saturated heterocycles. The largest absolute Gasteiger partial charge is 0.360 e. The fraction of sp³-hybridized carbons (Fsp3) is 0.455. The highest BCUT2D eigenvalue weighted by atomic mass is 35.5. The highest BCUT2D eigenvalue weighted by Crippen LogP contribution is 2.33. The zero-order valence-corrected chi connectivity index (χ0v) is 15.9. The second kappa shape index (κ2) is 8.84. The third kappa shape index (κ3) is 4.84. The summed E-state index contributed by atoms with van der Waals surface area (Å²) in [5.41, 5.74) is 1.88. The molecule has 3 heteroatoms. The zero-order valence-electron chi connectivity index (χ0n) is 15.1. The molecule has 0 aromatic heterocycles. The Morgan fingerprint density at radius 3 is 2.12 bits per heavy atom. The van der Waals surface area contributed by atoms with Crippen molar-refractivity contribution in [2.24, 2.45) is 0 Å². The normalized spacial score (nSPS) is 18.5. The lowest BCUT2D eigenvalue weighted by molar-refractivity contribution is -0.899. The molecule has 2 aromatic carbocycles. The van der Waals surface area contributed by atoms with Gasteiger partial charge in [-0.2, -0.15) is 0 Å². The molecule has 0 aliphatic carbocycles. The molecule has 1 fully saturated rings. The van der Waals surface area contributed by atoms with Crippen LogP contribution in [0.1, 0.15) is 43.7 Å². The van der Waals surface area contributed by atoms with E-state index in [-0.39, 0.29) is 0 Å². The maximum absolute atomic E-state index is 6.52. The van der Waals surface area contributed by atoms with Gasteiger partial charge in [-0.15, -0.1) is 0 Å². The lowest BCUT2D eigenvalue weighted by Crippen LogP contribution is -3.12. The Balaban J connectivity index is 1.73. The van der Waals surface area contributed by atoms with Gasteiger partial charge in [0.05, 0.1) is 19.7 Å². The van der Waals surface area contributed by atoms with Crippen molar-refractivity contribution in [3.8, 4) is 0 Å². The summed E-state index contributed by atoms with van der Waals surface area (Å²) in [6.07, 6.45) is 5.47. The lowest BCUT2D eigenvalue weighted by Gasteiger charge is -2.32. The van der Waals surface area contributed by atoms with Gasteiger partial charge in [-0.25, -0.2) is 0 Å². The van der Waals surface area contributed by atoms with Crippen LogP contribution in [0.2, 0.25) is 5.02 Å². The highest BCUT2D eigenvalue weighted by Gasteiger charge is 2.30. The molecule has 1 atom stereocenters. The van der Waals surface area contributed by atoms with Crippen LogP contribution >= 0.6 is 11.6 Å². The van der Waals surface area contributed by atoms with Crippen molar-refractivity contribution in [3.63, 3.8) is 0 Å². The van der Waals surface area contributed by atoms with Gasteiger partial charge >= 0.3 is 0 Å². The minimum atomic E-state index is -0.447. The third-order valence-electron chi connectivity index (χ3n) is 5.38. The molecule has 0 amide bonds. The Hall–Kier alpha value is -1.35. The Morgan fingerprint density at radius 1 is 0.880 bits per heavy atom. The Bertz CT molecular complexity index is 635. The summed E-state index contributed by atoms with van der Waals surface area (Å²) >= 11 is 6.08. The summed E-state index contributed by atoms with van der Waals surface area (Å²) in [7, 11) is 0. The SMILES string of the molecule is C[C@@](OCC[NH+]1CCCCCC1)(c1ccccc1)c1ccc(Cl)cc1. The number of halogens is 1. The smallest absolute Gasteiger partial charge is 0.116 e. The second-order valence-electron chi connectivity index (χ2n) is 7.17. The summed E-state index contributed by atoms with van der Waals surface area (Å²) < 4.78 is 6.52.